The van der Waals surface area contributed by atoms with Crippen molar-refractivity contribution >= 4 is 27.5 Å². The van der Waals surface area contributed by atoms with Crippen molar-refractivity contribution in [3.05, 3.63) is 63.6 Å². The molecule has 0 aliphatic carbocycles. The van der Waals surface area contributed by atoms with Gasteiger partial charge in [-0.05, 0) is 29.8 Å². The van der Waals surface area contributed by atoms with Gasteiger partial charge in [-0.2, -0.15) is 5.26 Å². The minimum Gasteiger partial charge on any atom is -0.316 e. The van der Waals surface area contributed by atoms with Gasteiger partial charge < -0.3 is 10.6 Å². The first-order valence-corrected chi connectivity index (χ1v) is 7.25. The molecule has 21 heavy (non-hydrogen) atoms. The predicted octanol–water partition coefficient (Wildman–Crippen LogP) is 2.87. The SMILES string of the molecule is N#Cc1cccc(CN2C(=O)C(N)c3c(Br)cccc32)c1. The third kappa shape index (κ3) is 2.33. The number of nitrogens with two attached hydrogens (primary N) is 1. The molecule has 1 atom stereocenters. The van der Waals surface area contributed by atoms with E-state index in [2.05, 4.69) is 22.0 Å². The summed E-state index contributed by atoms with van der Waals surface area (Å²) in [6.45, 7) is 0.408. The molecular formula is C16H12BrN3O. The third-order valence-electron chi connectivity index (χ3n) is 3.56. The first-order chi connectivity index (χ1) is 10.1. The van der Waals surface area contributed by atoms with Gasteiger partial charge in [-0.25, -0.2) is 0 Å². The number of halogens is 1. The normalized spacial score (nSPS) is 16.7. The molecule has 2 aromatic rings. The van der Waals surface area contributed by atoms with Crippen molar-refractivity contribution in [2.24, 2.45) is 5.73 Å². The summed E-state index contributed by atoms with van der Waals surface area (Å²) in [5, 5.41) is 8.95. The average molecular weight is 342 g/mol. The van der Waals surface area contributed by atoms with Gasteiger partial charge >= 0.3 is 0 Å². The zero-order valence-electron chi connectivity index (χ0n) is 11.1. The zero-order chi connectivity index (χ0) is 15.0. The zero-order valence-corrected chi connectivity index (χ0v) is 12.7. The average Bonchev–Trinajstić information content (AvgIpc) is 2.74. The van der Waals surface area contributed by atoms with Crippen molar-refractivity contribution in [1.29, 1.82) is 5.26 Å². The highest BCUT2D eigenvalue weighted by Gasteiger charge is 2.36. The van der Waals surface area contributed by atoms with E-state index in [1.165, 1.54) is 0 Å². The molecule has 1 aliphatic heterocycles. The smallest absolute Gasteiger partial charge is 0.248 e. The summed E-state index contributed by atoms with van der Waals surface area (Å²) >= 11 is 3.45. The van der Waals surface area contributed by atoms with Crippen LogP contribution in [0.15, 0.2) is 46.9 Å². The van der Waals surface area contributed by atoms with E-state index < -0.39 is 6.04 Å². The molecule has 0 bridgehead atoms. The topological polar surface area (TPSA) is 70.1 Å². The van der Waals surface area contributed by atoms with Crippen LogP contribution in [0, 0.1) is 11.3 Å². The second kappa shape index (κ2) is 5.32. The minimum atomic E-state index is -0.644. The number of fused-ring (bicyclic) bond motifs is 1. The molecule has 1 aliphatic rings. The minimum absolute atomic E-state index is 0.126. The van der Waals surface area contributed by atoms with Crippen LogP contribution in [0.3, 0.4) is 0 Å². The van der Waals surface area contributed by atoms with E-state index in [1.54, 1.807) is 17.0 Å². The van der Waals surface area contributed by atoms with Crippen LogP contribution in [0.2, 0.25) is 0 Å². The molecule has 104 valence electrons. The molecule has 3 rings (SSSR count). The molecule has 0 aromatic heterocycles. The fraction of sp³-hybridized carbons (Fsp3) is 0.125. The van der Waals surface area contributed by atoms with Gasteiger partial charge in [-0.3, -0.25) is 4.79 Å². The number of benzene rings is 2. The van der Waals surface area contributed by atoms with Crippen LogP contribution in [-0.4, -0.2) is 5.91 Å². The Morgan fingerprint density at radius 2 is 2.05 bits per heavy atom. The second-order valence-corrected chi connectivity index (χ2v) is 5.74. The van der Waals surface area contributed by atoms with E-state index in [0.29, 0.717) is 12.1 Å². The van der Waals surface area contributed by atoms with Crippen LogP contribution in [0.1, 0.15) is 22.7 Å². The van der Waals surface area contributed by atoms with Crippen molar-refractivity contribution in [2.45, 2.75) is 12.6 Å². The monoisotopic (exact) mass is 341 g/mol. The van der Waals surface area contributed by atoms with Gasteiger partial charge in [-0.1, -0.05) is 34.1 Å². The molecule has 1 amide bonds. The summed E-state index contributed by atoms with van der Waals surface area (Å²) in [6.07, 6.45) is 0. The number of carbonyl (C=O) groups is 1. The molecule has 5 heteroatoms. The summed E-state index contributed by atoms with van der Waals surface area (Å²) in [6, 6.07) is 14.4. The van der Waals surface area contributed by atoms with E-state index in [-0.39, 0.29) is 5.91 Å². The summed E-state index contributed by atoms with van der Waals surface area (Å²) in [5.41, 5.74) is 9.15. The summed E-state index contributed by atoms with van der Waals surface area (Å²) in [7, 11) is 0. The van der Waals surface area contributed by atoms with E-state index in [9.17, 15) is 4.79 Å². The van der Waals surface area contributed by atoms with Crippen LogP contribution in [0.25, 0.3) is 0 Å². The summed E-state index contributed by atoms with van der Waals surface area (Å²) in [5.74, 6) is -0.126. The highest BCUT2D eigenvalue weighted by atomic mass is 79.9. The molecular weight excluding hydrogens is 330 g/mol. The molecule has 0 fully saturated rings. The lowest BCUT2D eigenvalue weighted by molar-refractivity contribution is -0.119. The van der Waals surface area contributed by atoms with Gasteiger partial charge in [0.15, 0.2) is 0 Å². The molecule has 0 radical (unpaired) electrons. The number of rotatable bonds is 2. The van der Waals surface area contributed by atoms with Gasteiger partial charge in [0.1, 0.15) is 6.04 Å². The highest BCUT2D eigenvalue weighted by molar-refractivity contribution is 9.10. The van der Waals surface area contributed by atoms with Gasteiger partial charge in [0.2, 0.25) is 5.91 Å². The lowest BCUT2D eigenvalue weighted by atomic mass is 10.1. The number of hydrogen-bond donors (Lipinski definition) is 1. The van der Waals surface area contributed by atoms with Crippen molar-refractivity contribution < 1.29 is 4.79 Å². The lowest BCUT2D eigenvalue weighted by Gasteiger charge is -2.18. The summed E-state index contributed by atoms with van der Waals surface area (Å²) < 4.78 is 0.842. The van der Waals surface area contributed by atoms with E-state index in [4.69, 9.17) is 11.0 Å². The lowest BCUT2D eigenvalue weighted by Crippen LogP contribution is -2.31. The Kier molecular flexibility index (Phi) is 3.50. The number of anilines is 1. The maximum absolute atomic E-state index is 12.4. The van der Waals surface area contributed by atoms with Gasteiger partial charge in [0.25, 0.3) is 0 Å². The van der Waals surface area contributed by atoms with Crippen LogP contribution in [0.4, 0.5) is 5.69 Å². The predicted molar refractivity (Wildman–Crippen MR) is 83.4 cm³/mol. The molecule has 1 heterocycles. The van der Waals surface area contributed by atoms with Crippen LogP contribution in [-0.2, 0) is 11.3 Å². The van der Waals surface area contributed by atoms with Crippen molar-refractivity contribution in [1.82, 2.24) is 0 Å². The molecule has 0 saturated carbocycles. The Morgan fingerprint density at radius 1 is 1.29 bits per heavy atom. The number of carbonyl (C=O) groups excluding carboxylic acids is 1. The molecule has 2 N–H and O–H groups in total. The number of amides is 1. The Labute approximate surface area is 130 Å². The number of nitrogens with zero attached hydrogens (tertiary/aromatic N) is 2. The van der Waals surface area contributed by atoms with E-state index in [1.807, 2.05) is 30.3 Å². The molecule has 2 aromatic carbocycles. The highest BCUT2D eigenvalue weighted by Crippen LogP contribution is 2.39. The fourth-order valence-corrected chi connectivity index (χ4v) is 3.17. The molecule has 0 spiro atoms. The second-order valence-electron chi connectivity index (χ2n) is 4.89. The standard InChI is InChI=1S/C16H12BrN3O/c17-12-5-2-6-13-14(12)15(19)16(21)20(13)9-11-4-1-3-10(7-11)8-18/h1-7,15H,9,19H2. The van der Waals surface area contributed by atoms with Gasteiger partial charge in [0, 0.05) is 10.0 Å². The first kappa shape index (κ1) is 13.8. The Bertz CT molecular complexity index is 766. The maximum Gasteiger partial charge on any atom is 0.248 e. The summed E-state index contributed by atoms with van der Waals surface area (Å²) in [4.78, 5) is 14.1. The quantitative estimate of drug-likeness (QED) is 0.912. The van der Waals surface area contributed by atoms with Crippen LogP contribution < -0.4 is 10.6 Å². The third-order valence-corrected chi connectivity index (χ3v) is 4.25. The maximum atomic E-state index is 12.4. The fourth-order valence-electron chi connectivity index (χ4n) is 2.56. The largest absolute Gasteiger partial charge is 0.316 e. The van der Waals surface area contributed by atoms with Gasteiger partial charge in [0.05, 0.1) is 23.9 Å². The number of nitriles is 1. The first-order valence-electron chi connectivity index (χ1n) is 6.46. The van der Waals surface area contributed by atoms with E-state index in [0.717, 1.165) is 21.3 Å². The molecule has 0 saturated heterocycles. The van der Waals surface area contributed by atoms with Crippen molar-refractivity contribution in [2.75, 3.05) is 4.90 Å². The van der Waals surface area contributed by atoms with Crippen molar-refractivity contribution in [3.8, 4) is 6.07 Å². The Hall–Kier alpha value is -2.16. The van der Waals surface area contributed by atoms with E-state index >= 15 is 0 Å². The number of hydrogen-bond acceptors (Lipinski definition) is 3. The van der Waals surface area contributed by atoms with Crippen LogP contribution in [0.5, 0.6) is 0 Å². The molecule has 1 unspecified atom stereocenters. The molecule has 4 nitrogen and oxygen atoms in total. The van der Waals surface area contributed by atoms with Crippen LogP contribution >= 0.6 is 15.9 Å². The Morgan fingerprint density at radius 3 is 2.81 bits per heavy atom. The van der Waals surface area contributed by atoms with Crippen molar-refractivity contribution in [3.63, 3.8) is 0 Å². The van der Waals surface area contributed by atoms with Gasteiger partial charge in [-0.15, -0.1) is 0 Å². The Balaban J connectivity index is 1.99.